The molecule has 3 aromatic rings. The van der Waals surface area contributed by atoms with Crippen molar-refractivity contribution in [2.75, 3.05) is 11.1 Å². The van der Waals surface area contributed by atoms with Crippen molar-refractivity contribution in [1.29, 1.82) is 0 Å². The largest absolute Gasteiger partial charge is 0.489 e. The van der Waals surface area contributed by atoms with E-state index < -0.39 is 0 Å². The third kappa shape index (κ3) is 3.99. The first-order chi connectivity index (χ1) is 15.9. The summed E-state index contributed by atoms with van der Waals surface area (Å²) in [5, 5.41) is 12.3. The quantitative estimate of drug-likeness (QED) is 0.479. The van der Waals surface area contributed by atoms with Crippen molar-refractivity contribution in [3.63, 3.8) is 0 Å². The molecule has 0 aliphatic heterocycles. The molecule has 1 aromatic heterocycles. The number of hydrogen-bond acceptors (Lipinski definition) is 6. The van der Waals surface area contributed by atoms with E-state index >= 15 is 0 Å². The molecule has 0 radical (unpaired) electrons. The first kappa shape index (κ1) is 21.9. The number of rotatable bonds is 7. The molecule has 2 atom stereocenters. The molecular weight excluding hydrogens is 432 g/mol. The molecule has 33 heavy (non-hydrogen) atoms. The van der Waals surface area contributed by atoms with Crippen LogP contribution in [0.2, 0.25) is 0 Å². The Morgan fingerprint density at radius 1 is 1.09 bits per heavy atom. The Bertz CT molecular complexity index is 1170. The minimum atomic E-state index is -0.102. The molecule has 1 amide bonds. The number of fused-ring (bicyclic) bond motifs is 5. The predicted molar refractivity (Wildman–Crippen MR) is 130 cm³/mol. The van der Waals surface area contributed by atoms with Crippen molar-refractivity contribution >= 4 is 23.4 Å². The van der Waals surface area contributed by atoms with Crippen LogP contribution in [0, 0.1) is 5.41 Å². The summed E-state index contributed by atoms with van der Waals surface area (Å²) in [6, 6.07) is 17.4. The summed E-state index contributed by atoms with van der Waals surface area (Å²) in [6.45, 7) is 7.43. The van der Waals surface area contributed by atoms with Crippen molar-refractivity contribution in [2.45, 2.75) is 56.7 Å². The fourth-order valence-electron chi connectivity index (χ4n) is 5.13. The summed E-state index contributed by atoms with van der Waals surface area (Å²) >= 11 is 1.33. The monoisotopic (exact) mass is 460 g/mol. The highest BCUT2D eigenvalue weighted by Crippen LogP contribution is 2.66. The third-order valence-corrected chi connectivity index (χ3v) is 8.33. The van der Waals surface area contributed by atoms with Crippen LogP contribution in [0.1, 0.15) is 56.5 Å². The van der Waals surface area contributed by atoms with E-state index in [2.05, 4.69) is 36.3 Å². The first-order valence-electron chi connectivity index (χ1n) is 11.3. The number of aromatic nitrogens is 3. The van der Waals surface area contributed by atoms with Gasteiger partial charge in [0.05, 0.1) is 17.1 Å². The number of amides is 1. The van der Waals surface area contributed by atoms with Crippen LogP contribution in [0.15, 0.2) is 59.8 Å². The highest BCUT2D eigenvalue weighted by molar-refractivity contribution is 7.99. The van der Waals surface area contributed by atoms with Gasteiger partial charge in [0.25, 0.3) is 0 Å². The van der Waals surface area contributed by atoms with Crippen LogP contribution in [-0.4, -0.2) is 26.8 Å². The smallest absolute Gasteiger partial charge is 0.234 e. The van der Waals surface area contributed by atoms with Gasteiger partial charge in [0, 0.05) is 17.0 Å². The summed E-state index contributed by atoms with van der Waals surface area (Å²) in [4.78, 5) is 17.3. The van der Waals surface area contributed by atoms with Crippen LogP contribution in [0.25, 0.3) is 0 Å². The van der Waals surface area contributed by atoms with Crippen LogP contribution in [0.3, 0.4) is 0 Å². The van der Waals surface area contributed by atoms with Crippen LogP contribution in [0.4, 0.5) is 5.69 Å². The number of hydrogen-bond donors (Lipinski definition) is 1. The molecule has 7 heteroatoms. The van der Waals surface area contributed by atoms with Crippen molar-refractivity contribution in [2.24, 2.45) is 5.41 Å². The zero-order valence-electron chi connectivity index (χ0n) is 19.2. The number of carbonyl (C=O) groups excluding carboxylic acids is 1. The summed E-state index contributed by atoms with van der Waals surface area (Å²) in [5.74, 6) is 1.32. The summed E-state index contributed by atoms with van der Waals surface area (Å²) in [7, 11) is 0. The Labute approximate surface area is 198 Å². The van der Waals surface area contributed by atoms with E-state index in [1.807, 2.05) is 54.6 Å². The summed E-state index contributed by atoms with van der Waals surface area (Å²) in [5.41, 5.74) is 4.15. The molecule has 1 saturated carbocycles. The lowest BCUT2D eigenvalue weighted by Gasteiger charge is -2.33. The standard InChI is InChI=1S/C26H28N4O2S/c1-25(2)20-13-14-26(25,3)23-22(20)29-30-24(28-23)33-16-21(31)27-18-9-11-19(12-10-18)32-15-17-7-5-4-6-8-17/h4-12,20H,13-16H2,1-3H3,(H,27,31). The number of ether oxygens (including phenoxy) is 1. The number of nitrogens with one attached hydrogen (secondary N) is 1. The first-order valence-corrected chi connectivity index (χ1v) is 12.3. The van der Waals surface area contributed by atoms with E-state index in [1.54, 1.807) is 0 Å². The van der Waals surface area contributed by atoms with Crippen molar-refractivity contribution < 1.29 is 9.53 Å². The van der Waals surface area contributed by atoms with Gasteiger partial charge >= 0.3 is 0 Å². The molecular formula is C26H28N4O2S. The van der Waals surface area contributed by atoms with Gasteiger partial charge in [0.2, 0.25) is 11.1 Å². The van der Waals surface area contributed by atoms with Crippen LogP contribution >= 0.6 is 11.8 Å². The predicted octanol–water partition coefficient (Wildman–Crippen LogP) is 5.36. The van der Waals surface area contributed by atoms with E-state index in [1.165, 1.54) is 11.8 Å². The Morgan fingerprint density at radius 2 is 1.85 bits per heavy atom. The Kier molecular flexibility index (Phi) is 5.60. The molecule has 5 rings (SSSR count). The van der Waals surface area contributed by atoms with Gasteiger partial charge in [0.15, 0.2) is 0 Å². The average molecular weight is 461 g/mol. The lowest BCUT2D eigenvalue weighted by molar-refractivity contribution is -0.113. The maximum absolute atomic E-state index is 12.5. The lowest BCUT2D eigenvalue weighted by Crippen LogP contribution is -2.32. The van der Waals surface area contributed by atoms with Crippen LogP contribution in [0.5, 0.6) is 5.75 Å². The summed E-state index contributed by atoms with van der Waals surface area (Å²) in [6.07, 6.45) is 2.28. The molecule has 2 unspecified atom stereocenters. The molecule has 2 aromatic carbocycles. The SMILES string of the molecule is CC12CCC(c3nnc(SCC(=O)Nc4ccc(OCc5ccccc5)cc4)nc31)C2(C)C. The number of thioether (sulfide) groups is 1. The lowest BCUT2D eigenvalue weighted by atomic mass is 9.70. The zero-order chi connectivity index (χ0) is 23.1. The second kappa shape index (κ2) is 8.45. The van der Waals surface area contributed by atoms with Crippen molar-refractivity contribution in [3.05, 3.63) is 71.5 Å². The molecule has 2 bridgehead atoms. The van der Waals surface area contributed by atoms with E-state index in [4.69, 9.17) is 9.72 Å². The minimum absolute atomic E-state index is 0.0326. The van der Waals surface area contributed by atoms with Gasteiger partial charge in [-0.05, 0) is 48.1 Å². The second-order valence-electron chi connectivity index (χ2n) is 9.61. The number of nitrogens with zero attached hydrogens (tertiary/aromatic N) is 3. The van der Waals surface area contributed by atoms with Gasteiger partial charge in [-0.2, -0.15) is 5.10 Å². The molecule has 1 fully saturated rings. The highest BCUT2D eigenvalue weighted by Gasteiger charge is 2.61. The summed E-state index contributed by atoms with van der Waals surface area (Å²) < 4.78 is 5.80. The second-order valence-corrected chi connectivity index (χ2v) is 10.6. The molecule has 0 spiro atoms. The maximum atomic E-state index is 12.5. The number of carbonyl (C=O) groups is 1. The van der Waals surface area contributed by atoms with E-state index in [9.17, 15) is 4.79 Å². The molecule has 170 valence electrons. The Hall–Kier alpha value is -2.93. The van der Waals surface area contributed by atoms with Crippen molar-refractivity contribution in [1.82, 2.24) is 15.2 Å². The third-order valence-electron chi connectivity index (χ3n) is 7.49. The van der Waals surface area contributed by atoms with Crippen LogP contribution in [-0.2, 0) is 16.8 Å². The zero-order valence-corrected chi connectivity index (χ0v) is 20.0. The van der Waals surface area contributed by atoms with Gasteiger partial charge in [-0.3, -0.25) is 4.79 Å². The highest BCUT2D eigenvalue weighted by atomic mass is 32.2. The average Bonchev–Trinajstić information content (AvgIpc) is 3.16. The molecule has 6 nitrogen and oxygen atoms in total. The Morgan fingerprint density at radius 3 is 2.61 bits per heavy atom. The van der Waals surface area contributed by atoms with Gasteiger partial charge in [-0.25, -0.2) is 4.98 Å². The van der Waals surface area contributed by atoms with Crippen LogP contribution < -0.4 is 10.1 Å². The fraction of sp³-hybridized carbons (Fsp3) is 0.385. The Balaban J connectivity index is 1.15. The molecule has 0 saturated heterocycles. The molecule has 2 aliphatic rings. The number of anilines is 1. The van der Waals surface area contributed by atoms with E-state index in [0.717, 1.165) is 41.2 Å². The topological polar surface area (TPSA) is 77.0 Å². The minimum Gasteiger partial charge on any atom is -0.489 e. The van der Waals surface area contributed by atoms with Gasteiger partial charge in [-0.1, -0.05) is 62.9 Å². The van der Waals surface area contributed by atoms with Gasteiger partial charge in [0.1, 0.15) is 12.4 Å². The fourth-order valence-corrected chi connectivity index (χ4v) is 5.71. The van der Waals surface area contributed by atoms with E-state index in [0.29, 0.717) is 17.7 Å². The van der Waals surface area contributed by atoms with E-state index in [-0.39, 0.29) is 22.5 Å². The molecule has 1 heterocycles. The number of benzene rings is 2. The molecule has 2 aliphatic carbocycles. The maximum Gasteiger partial charge on any atom is 0.234 e. The van der Waals surface area contributed by atoms with Crippen molar-refractivity contribution in [3.8, 4) is 5.75 Å². The van der Waals surface area contributed by atoms with Gasteiger partial charge in [-0.15, -0.1) is 5.10 Å². The molecule has 1 N–H and O–H groups in total. The normalized spacial score (nSPS) is 22.1. The van der Waals surface area contributed by atoms with Gasteiger partial charge < -0.3 is 10.1 Å².